The predicted molar refractivity (Wildman–Crippen MR) is 65.7 cm³/mol. The topological polar surface area (TPSA) is 52.6 Å². The second kappa shape index (κ2) is 5.12. The first-order valence-corrected chi connectivity index (χ1v) is 6.68. The van der Waals surface area contributed by atoms with E-state index in [0.29, 0.717) is 25.6 Å². The molecule has 0 radical (unpaired) electrons. The Morgan fingerprint density at radius 2 is 1.72 bits per heavy atom. The third kappa shape index (κ3) is 1.93. The molecular formula is C14H20O4. The molecule has 0 aliphatic heterocycles. The summed E-state index contributed by atoms with van der Waals surface area (Å²) in [5.74, 6) is -0.602. The highest BCUT2D eigenvalue weighted by molar-refractivity contribution is 6.01. The number of carbonyl (C=O) groups excluding carboxylic acids is 2. The first-order chi connectivity index (χ1) is 8.65. The fraction of sp³-hybridized carbons (Fsp3) is 0.714. The standard InChI is InChI=1S/C14H20O4/c1-3-17-12(15)14(13(16)18-4-2)9-10-5-7-11(14)8-6-10/h5,7,10-11H,3-4,6,8-9H2,1-2H3. The number of ether oxygens (including phenoxy) is 2. The van der Waals surface area contributed by atoms with E-state index in [9.17, 15) is 9.59 Å². The van der Waals surface area contributed by atoms with Crippen LogP contribution in [0.3, 0.4) is 0 Å². The molecule has 1 saturated carbocycles. The second-order valence-electron chi connectivity index (χ2n) is 4.95. The maximum atomic E-state index is 12.3. The number of hydrogen-bond donors (Lipinski definition) is 0. The van der Waals surface area contributed by atoms with Gasteiger partial charge in [0.25, 0.3) is 0 Å². The van der Waals surface area contributed by atoms with E-state index in [1.807, 2.05) is 6.08 Å². The number of fused-ring (bicyclic) bond motifs is 2. The molecule has 0 spiro atoms. The van der Waals surface area contributed by atoms with Gasteiger partial charge >= 0.3 is 11.9 Å². The molecule has 0 heterocycles. The smallest absolute Gasteiger partial charge is 0.324 e. The molecule has 3 rings (SSSR count). The lowest BCUT2D eigenvalue weighted by Crippen LogP contribution is -2.52. The summed E-state index contributed by atoms with van der Waals surface area (Å²) in [4.78, 5) is 24.5. The van der Waals surface area contributed by atoms with Crippen LogP contribution >= 0.6 is 0 Å². The van der Waals surface area contributed by atoms with Gasteiger partial charge in [-0.1, -0.05) is 12.2 Å². The number of esters is 2. The first kappa shape index (κ1) is 13.1. The summed E-state index contributed by atoms with van der Waals surface area (Å²) in [5.41, 5.74) is -1.09. The molecule has 100 valence electrons. The molecule has 2 unspecified atom stereocenters. The van der Waals surface area contributed by atoms with Crippen molar-refractivity contribution >= 4 is 11.9 Å². The Labute approximate surface area is 107 Å². The van der Waals surface area contributed by atoms with Gasteiger partial charge in [-0.25, -0.2) is 0 Å². The van der Waals surface area contributed by atoms with E-state index in [1.54, 1.807) is 13.8 Å². The monoisotopic (exact) mass is 252 g/mol. The van der Waals surface area contributed by atoms with Gasteiger partial charge in [0, 0.05) is 5.92 Å². The van der Waals surface area contributed by atoms with Crippen molar-refractivity contribution in [3.05, 3.63) is 12.2 Å². The average Bonchev–Trinajstić information content (AvgIpc) is 2.40. The molecule has 2 bridgehead atoms. The van der Waals surface area contributed by atoms with Crippen molar-refractivity contribution in [1.82, 2.24) is 0 Å². The van der Waals surface area contributed by atoms with Crippen molar-refractivity contribution in [3.8, 4) is 0 Å². The molecule has 2 atom stereocenters. The molecule has 1 fully saturated rings. The molecule has 4 heteroatoms. The van der Waals surface area contributed by atoms with E-state index in [0.717, 1.165) is 12.8 Å². The van der Waals surface area contributed by atoms with Gasteiger partial charge in [0.15, 0.2) is 5.41 Å². The number of allylic oxidation sites excluding steroid dienone is 2. The Morgan fingerprint density at radius 3 is 2.06 bits per heavy atom. The van der Waals surface area contributed by atoms with E-state index in [1.165, 1.54) is 0 Å². The van der Waals surface area contributed by atoms with Gasteiger partial charge in [-0.15, -0.1) is 0 Å². The van der Waals surface area contributed by atoms with Gasteiger partial charge in [0.1, 0.15) is 0 Å². The lowest BCUT2D eigenvalue weighted by Gasteiger charge is -2.44. The minimum absolute atomic E-state index is 0.0689. The molecule has 4 nitrogen and oxygen atoms in total. The second-order valence-corrected chi connectivity index (χ2v) is 4.95. The Kier molecular flexibility index (Phi) is 3.73. The summed E-state index contributed by atoms with van der Waals surface area (Å²) in [5, 5.41) is 0. The maximum absolute atomic E-state index is 12.3. The first-order valence-electron chi connectivity index (χ1n) is 6.68. The Morgan fingerprint density at radius 1 is 1.11 bits per heavy atom. The fourth-order valence-electron chi connectivity index (χ4n) is 3.10. The van der Waals surface area contributed by atoms with Gasteiger partial charge in [0.2, 0.25) is 0 Å². The van der Waals surface area contributed by atoms with Crippen molar-refractivity contribution in [3.63, 3.8) is 0 Å². The van der Waals surface area contributed by atoms with E-state index >= 15 is 0 Å². The molecule has 0 aromatic heterocycles. The predicted octanol–water partition coefficient (Wildman–Crippen LogP) is 2.09. The van der Waals surface area contributed by atoms with Crippen molar-refractivity contribution in [1.29, 1.82) is 0 Å². The summed E-state index contributed by atoms with van der Waals surface area (Å²) < 4.78 is 10.3. The van der Waals surface area contributed by atoms with Crippen LogP contribution in [0.25, 0.3) is 0 Å². The van der Waals surface area contributed by atoms with Crippen molar-refractivity contribution in [2.24, 2.45) is 17.3 Å². The zero-order valence-corrected chi connectivity index (χ0v) is 11.0. The van der Waals surface area contributed by atoms with Gasteiger partial charge in [-0.05, 0) is 39.0 Å². The SMILES string of the molecule is CCOC(=O)C1(C(=O)OCC)CC2C=CC1CC2. The van der Waals surface area contributed by atoms with Crippen LogP contribution in [-0.2, 0) is 19.1 Å². The average molecular weight is 252 g/mol. The van der Waals surface area contributed by atoms with Gasteiger partial charge in [-0.3, -0.25) is 9.59 Å². The lowest BCUT2D eigenvalue weighted by molar-refractivity contribution is -0.179. The van der Waals surface area contributed by atoms with Crippen LogP contribution < -0.4 is 0 Å². The number of rotatable bonds is 4. The molecule has 18 heavy (non-hydrogen) atoms. The highest BCUT2D eigenvalue weighted by atomic mass is 16.6. The molecule has 0 saturated heterocycles. The Hall–Kier alpha value is -1.32. The van der Waals surface area contributed by atoms with Crippen LogP contribution in [0.5, 0.6) is 0 Å². The maximum Gasteiger partial charge on any atom is 0.324 e. The highest BCUT2D eigenvalue weighted by Gasteiger charge is 2.58. The third-order valence-corrected chi connectivity index (χ3v) is 3.96. The summed E-state index contributed by atoms with van der Waals surface area (Å²) in [6.45, 7) is 4.10. The van der Waals surface area contributed by atoms with Crippen LogP contribution in [0.15, 0.2) is 12.2 Å². The number of carbonyl (C=O) groups is 2. The molecule has 0 amide bonds. The van der Waals surface area contributed by atoms with Gasteiger partial charge in [-0.2, -0.15) is 0 Å². The third-order valence-electron chi connectivity index (χ3n) is 3.96. The van der Waals surface area contributed by atoms with Gasteiger partial charge < -0.3 is 9.47 Å². The molecule has 0 N–H and O–H groups in total. The molecule has 0 aromatic rings. The van der Waals surface area contributed by atoms with E-state index in [2.05, 4.69) is 6.08 Å². The summed E-state index contributed by atoms with van der Waals surface area (Å²) in [6, 6.07) is 0. The van der Waals surface area contributed by atoms with E-state index in [4.69, 9.17) is 9.47 Å². The molecule has 3 aliphatic carbocycles. The van der Waals surface area contributed by atoms with Crippen LogP contribution in [0.4, 0.5) is 0 Å². The highest BCUT2D eigenvalue weighted by Crippen LogP contribution is 2.50. The Bertz CT molecular complexity index is 354. The van der Waals surface area contributed by atoms with Crippen molar-refractivity contribution in [2.45, 2.75) is 33.1 Å². The van der Waals surface area contributed by atoms with Crippen molar-refractivity contribution in [2.75, 3.05) is 13.2 Å². The summed E-state index contributed by atoms with van der Waals surface area (Å²) >= 11 is 0. The normalized spacial score (nSPS) is 27.9. The Balaban J connectivity index is 2.32. The van der Waals surface area contributed by atoms with Gasteiger partial charge in [0.05, 0.1) is 13.2 Å². The van der Waals surface area contributed by atoms with Crippen LogP contribution in [0.1, 0.15) is 33.1 Å². The fourth-order valence-corrected chi connectivity index (χ4v) is 3.10. The lowest BCUT2D eigenvalue weighted by atomic mass is 9.59. The minimum Gasteiger partial charge on any atom is -0.465 e. The molecular weight excluding hydrogens is 232 g/mol. The zero-order valence-electron chi connectivity index (χ0n) is 11.0. The van der Waals surface area contributed by atoms with E-state index < -0.39 is 17.4 Å². The molecule has 3 aliphatic rings. The number of hydrogen-bond acceptors (Lipinski definition) is 4. The summed E-state index contributed by atoms with van der Waals surface area (Å²) in [7, 11) is 0. The van der Waals surface area contributed by atoms with E-state index in [-0.39, 0.29) is 5.92 Å². The quantitative estimate of drug-likeness (QED) is 0.437. The zero-order chi connectivity index (χ0) is 13.2. The largest absolute Gasteiger partial charge is 0.465 e. The van der Waals surface area contributed by atoms with Crippen molar-refractivity contribution < 1.29 is 19.1 Å². The summed E-state index contributed by atoms with van der Waals surface area (Å²) in [6.07, 6.45) is 6.54. The minimum atomic E-state index is -1.09. The van der Waals surface area contributed by atoms with Crippen LogP contribution in [-0.4, -0.2) is 25.2 Å². The molecule has 0 aromatic carbocycles. The van der Waals surface area contributed by atoms with Crippen LogP contribution in [0.2, 0.25) is 0 Å². The van der Waals surface area contributed by atoms with Crippen LogP contribution in [0, 0.1) is 17.3 Å².